The summed E-state index contributed by atoms with van der Waals surface area (Å²) in [5.41, 5.74) is 2.28. The highest BCUT2D eigenvalue weighted by molar-refractivity contribution is 5.85. The lowest BCUT2D eigenvalue weighted by Crippen LogP contribution is -2.38. The van der Waals surface area contributed by atoms with Crippen LogP contribution in [0.25, 0.3) is 0 Å². The molecule has 9 heteroatoms. The summed E-state index contributed by atoms with van der Waals surface area (Å²) in [6.45, 7) is 2.71. The topological polar surface area (TPSA) is 78.1 Å². The zero-order chi connectivity index (χ0) is 25.6. The van der Waals surface area contributed by atoms with Crippen molar-refractivity contribution in [3.63, 3.8) is 0 Å². The predicted molar refractivity (Wildman–Crippen MR) is 144 cm³/mol. The second-order valence-electron chi connectivity index (χ2n) is 9.30. The molecule has 0 radical (unpaired) electrons. The van der Waals surface area contributed by atoms with E-state index in [4.69, 9.17) is 18.9 Å². The minimum atomic E-state index is -0.377. The smallest absolute Gasteiger partial charge is 0.231 e. The van der Waals surface area contributed by atoms with Crippen molar-refractivity contribution in [2.75, 3.05) is 33.6 Å². The van der Waals surface area contributed by atoms with E-state index in [1.54, 1.807) is 7.11 Å². The minimum absolute atomic E-state index is 0. The van der Waals surface area contributed by atoms with Crippen LogP contribution in [0.1, 0.15) is 29.0 Å². The molecule has 0 aromatic heterocycles. The van der Waals surface area contributed by atoms with Crippen LogP contribution in [0.3, 0.4) is 0 Å². The number of amides is 1. The van der Waals surface area contributed by atoms with Gasteiger partial charge in [-0.25, -0.2) is 4.39 Å². The number of hydrogen-bond donors (Lipinski definition) is 2. The number of ether oxygens (including phenoxy) is 4. The van der Waals surface area contributed by atoms with Crippen LogP contribution in [-0.2, 0) is 17.8 Å². The fraction of sp³-hybridized carbons (Fsp3) is 0.345. The summed E-state index contributed by atoms with van der Waals surface area (Å²) >= 11 is 0. The van der Waals surface area contributed by atoms with Crippen LogP contribution in [0.4, 0.5) is 4.39 Å². The van der Waals surface area contributed by atoms with E-state index in [1.165, 1.54) is 6.07 Å². The first-order valence-electron chi connectivity index (χ1n) is 12.5. The average Bonchev–Trinajstić information content (AvgIpc) is 3.40. The highest BCUT2D eigenvalue weighted by atomic mass is 35.5. The number of piperidine rings is 1. The molecule has 0 saturated carbocycles. The van der Waals surface area contributed by atoms with E-state index >= 15 is 0 Å². The van der Waals surface area contributed by atoms with Crippen LogP contribution in [0.2, 0.25) is 0 Å². The van der Waals surface area contributed by atoms with Crippen molar-refractivity contribution in [2.45, 2.75) is 25.3 Å². The molecular weight excluding hydrogens is 511 g/mol. The van der Waals surface area contributed by atoms with Crippen molar-refractivity contribution in [2.24, 2.45) is 5.92 Å². The van der Waals surface area contributed by atoms with E-state index in [0.29, 0.717) is 30.2 Å². The standard InChI is InChI=1S/C29H31FN2O5.ClH/c1-34-26-5-3-2-4-20(26)16-32-29(33)13-21-12-19(6-8-25(21)30)24-10-11-31-15-22(24)17-35-23-7-9-27-28(14-23)37-18-36-27;/h2-9,12,14,22,24,31H,10-11,13,15-18H2,1H3,(H,32,33);1H/t22-,24-;/m0./s1. The Bertz CT molecular complexity index is 1260. The number of carbonyl (C=O) groups excluding carboxylic acids is 1. The Hall–Kier alpha value is -3.49. The van der Waals surface area contributed by atoms with Gasteiger partial charge in [-0.15, -0.1) is 12.4 Å². The summed E-state index contributed by atoms with van der Waals surface area (Å²) in [4.78, 5) is 12.7. The molecule has 38 heavy (non-hydrogen) atoms. The van der Waals surface area contributed by atoms with Crippen molar-refractivity contribution >= 4 is 18.3 Å². The summed E-state index contributed by atoms with van der Waals surface area (Å²) < 4.78 is 37.0. The first kappa shape index (κ1) is 27.5. The molecule has 1 fully saturated rings. The van der Waals surface area contributed by atoms with Gasteiger partial charge in [0.25, 0.3) is 0 Å². The Kier molecular flexibility index (Phi) is 9.31. The third-order valence-corrected chi connectivity index (χ3v) is 6.93. The summed E-state index contributed by atoms with van der Waals surface area (Å²) in [5.74, 6) is 2.59. The maximum atomic E-state index is 14.7. The fourth-order valence-corrected chi connectivity index (χ4v) is 4.95. The molecule has 0 bridgehead atoms. The van der Waals surface area contributed by atoms with E-state index in [0.717, 1.165) is 42.1 Å². The molecule has 3 aromatic rings. The summed E-state index contributed by atoms with van der Waals surface area (Å²) in [6.07, 6.45) is 0.873. The lowest BCUT2D eigenvalue weighted by molar-refractivity contribution is -0.120. The molecule has 2 N–H and O–H groups in total. The van der Waals surface area contributed by atoms with E-state index in [1.807, 2.05) is 54.6 Å². The van der Waals surface area contributed by atoms with Gasteiger partial charge in [0.05, 0.1) is 20.1 Å². The molecule has 1 saturated heterocycles. The molecule has 0 spiro atoms. The Morgan fingerprint density at radius 2 is 1.92 bits per heavy atom. The number of nitrogens with one attached hydrogen (secondary N) is 2. The second-order valence-corrected chi connectivity index (χ2v) is 9.30. The lowest BCUT2D eigenvalue weighted by Gasteiger charge is -2.32. The van der Waals surface area contributed by atoms with Gasteiger partial charge in [-0.1, -0.05) is 30.3 Å². The maximum Gasteiger partial charge on any atom is 0.231 e. The van der Waals surface area contributed by atoms with Crippen molar-refractivity contribution in [3.05, 3.63) is 83.2 Å². The predicted octanol–water partition coefficient (Wildman–Crippen LogP) is 4.62. The molecule has 202 valence electrons. The summed E-state index contributed by atoms with van der Waals surface area (Å²) in [5, 5.41) is 6.32. The second kappa shape index (κ2) is 12.8. The molecule has 2 heterocycles. The van der Waals surface area contributed by atoms with Crippen LogP contribution in [0.5, 0.6) is 23.0 Å². The normalized spacial score (nSPS) is 17.8. The molecule has 5 rings (SSSR count). The first-order chi connectivity index (χ1) is 18.1. The summed E-state index contributed by atoms with van der Waals surface area (Å²) in [7, 11) is 1.59. The van der Waals surface area contributed by atoms with Gasteiger partial charge in [0.2, 0.25) is 12.7 Å². The molecule has 1 amide bonds. The van der Waals surface area contributed by atoms with Crippen molar-refractivity contribution < 1.29 is 28.1 Å². The number of para-hydroxylation sites is 1. The molecule has 2 atom stereocenters. The number of hydrogen-bond acceptors (Lipinski definition) is 6. The van der Waals surface area contributed by atoms with Gasteiger partial charge in [0.1, 0.15) is 17.3 Å². The summed E-state index contributed by atoms with van der Waals surface area (Å²) in [6, 6.07) is 18.2. The largest absolute Gasteiger partial charge is 0.496 e. The number of benzene rings is 3. The monoisotopic (exact) mass is 542 g/mol. The van der Waals surface area contributed by atoms with Crippen LogP contribution in [0.15, 0.2) is 60.7 Å². The Morgan fingerprint density at radius 1 is 1.08 bits per heavy atom. The van der Waals surface area contributed by atoms with Gasteiger partial charge in [-0.05, 0) is 54.3 Å². The highest BCUT2D eigenvalue weighted by Gasteiger charge is 2.28. The SMILES string of the molecule is COc1ccccc1CNC(=O)Cc1cc([C@@H]2CCNC[C@H]2COc2ccc3c(c2)OCO3)ccc1F.Cl. The Morgan fingerprint density at radius 3 is 2.79 bits per heavy atom. The molecule has 2 aliphatic rings. The quantitative estimate of drug-likeness (QED) is 0.411. The number of fused-ring (bicyclic) bond motifs is 1. The number of halogens is 2. The highest BCUT2D eigenvalue weighted by Crippen LogP contribution is 2.36. The molecule has 2 aliphatic heterocycles. The maximum absolute atomic E-state index is 14.7. The van der Waals surface area contributed by atoms with Crippen LogP contribution in [0, 0.1) is 11.7 Å². The van der Waals surface area contributed by atoms with Gasteiger partial charge in [0, 0.05) is 30.6 Å². The number of rotatable bonds is 9. The third-order valence-electron chi connectivity index (χ3n) is 6.93. The van der Waals surface area contributed by atoms with Crippen LogP contribution >= 0.6 is 12.4 Å². The van der Waals surface area contributed by atoms with Crippen LogP contribution in [-0.4, -0.2) is 39.5 Å². The third kappa shape index (κ3) is 6.49. The van der Waals surface area contributed by atoms with Gasteiger partial charge in [0.15, 0.2) is 11.5 Å². The van der Waals surface area contributed by atoms with Gasteiger partial charge in [-0.2, -0.15) is 0 Å². The molecule has 3 aromatic carbocycles. The van der Waals surface area contributed by atoms with Crippen molar-refractivity contribution in [1.29, 1.82) is 0 Å². The molecule has 0 unspecified atom stereocenters. The van der Waals surface area contributed by atoms with Gasteiger partial charge < -0.3 is 29.6 Å². The average molecular weight is 543 g/mol. The van der Waals surface area contributed by atoms with E-state index in [2.05, 4.69) is 10.6 Å². The minimum Gasteiger partial charge on any atom is -0.496 e. The first-order valence-corrected chi connectivity index (χ1v) is 12.5. The van der Waals surface area contributed by atoms with Gasteiger partial charge >= 0.3 is 0 Å². The van der Waals surface area contributed by atoms with Crippen LogP contribution < -0.4 is 29.6 Å². The zero-order valence-corrected chi connectivity index (χ0v) is 22.0. The Balaban J connectivity index is 0.00000336. The van der Waals surface area contributed by atoms with Gasteiger partial charge in [-0.3, -0.25) is 4.79 Å². The molecular formula is C29H32ClFN2O5. The lowest BCUT2D eigenvalue weighted by atomic mass is 9.81. The number of carbonyl (C=O) groups is 1. The Labute approximate surface area is 228 Å². The molecule has 0 aliphatic carbocycles. The zero-order valence-electron chi connectivity index (χ0n) is 21.2. The molecule has 7 nitrogen and oxygen atoms in total. The van der Waals surface area contributed by atoms with Crippen molar-refractivity contribution in [1.82, 2.24) is 10.6 Å². The van der Waals surface area contributed by atoms with E-state index < -0.39 is 0 Å². The van der Waals surface area contributed by atoms with E-state index in [-0.39, 0.29) is 49.2 Å². The fourth-order valence-electron chi connectivity index (χ4n) is 4.95. The van der Waals surface area contributed by atoms with E-state index in [9.17, 15) is 9.18 Å². The van der Waals surface area contributed by atoms with Crippen molar-refractivity contribution in [3.8, 4) is 23.0 Å². The number of methoxy groups -OCH3 is 1.